The largest absolute Gasteiger partial charge is 0.392 e. The Bertz CT molecular complexity index is 312. The van der Waals surface area contributed by atoms with Gasteiger partial charge in [-0.1, -0.05) is 11.6 Å². The lowest BCUT2D eigenvalue weighted by Gasteiger charge is -2.02. The quantitative estimate of drug-likeness (QED) is 0.560. The van der Waals surface area contributed by atoms with Gasteiger partial charge in [0.15, 0.2) is 5.78 Å². The summed E-state index contributed by atoms with van der Waals surface area (Å²) in [4.78, 5) is 14.7. The summed E-state index contributed by atoms with van der Waals surface area (Å²) in [5, 5.41) is 9.13. The highest BCUT2D eigenvalue weighted by atomic mass is 35.5. The molecule has 0 aliphatic heterocycles. The predicted octanol–water partition coefficient (Wildman–Crippen LogP) is 1.43. The molecule has 0 aliphatic carbocycles. The van der Waals surface area contributed by atoms with Crippen LogP contribution in [0.2, 0.25) is 5.15 Å². The van der Waals surface area contributed by atoms with Crippen LogP contribution in [0, 0.1) is 0 Å². The zero-order chi connectivity index (χ0) is 9.14. The minimum absolute atomic E-state index is 0.122. The summed E-state index contributed by atoms with van der Waals surface area (Å²) in [5.41, 5.74) is 0.935. The number of pyridine rings is 1. The van der Waals surface area contributed by atoms with Gasteiger partial charge in [-0.15, -0.1) is 0 Å². The number of rotatable bonds is 2. The molecule has 0 spiro atoms. The van der Waals surface area contributed by atoms with Crippen LogP contribution in [0.5, 0.6) is 0 Å². The second kappa shape index (κ2) is 3.65. The van der Waals surface area contributed by atoms with Crippen LogP contribution >= 0.6 is 11.6 Å². The minimum Gasteiger partial charge on any atom is -0.392 e. The van der Waals surface area contributed by atoms with Crippen molar-refractivity contribution in [2.75, 3.05) is 0 Å². The molecular formula is C8H8ClNO2. The zero-order valence-electron chi connectivity index (χ0n) is 6.54. The predicted molar refractivity (Wildman–Crippen MR) is 45.2 cm³/mol. The van der Waals surface area contributed by atoms with Crippen molar-refractivity contribution in [2.24, 2.45) is 0 Å². The fourth-order valence-corrected chi connectivity index (χ4v) is 1.10. The molecule has 0 aliphatic rings. The van der Waals surface area contributed by atoms with E-state index in [1.807, 2.05) is 0 Å². The Labute approximate surface area is 75.0 Å². The van der Waals surface area contributed by atoms with Crippen molar-refractivity contribution >= 4 is 17.4 Å². The van der Waals surface area contributed by atoms with Gasteiger partial charge in [0.05, 0.1) is 6.61 Å². The van der Waals surface area contributed by atoms with Crippen molar-refractivity contribution in [1.82, 2.24) is 4.98 Å². The van der Waals surface area contributed by atoms with Crippen LogP contribution in [0.15, 0.2) is 12.3 Å². The summed E-state index contributed by atoms with van der Waals surface area (Å²) >= 11 is 5.57. The van der Waals surface area contributed by atoms with Gasteiger partial charge in [-0.05, 0) is 18.6 Å². The summed E-state index contributed by atoms with van der Waals surface area (Å²) in [7, 11) is 0. The number of aliphatic hydroxyl groups is 1. The third-order valence-corrected chi connectivity index (χ3v) is 1.71. The van der Waals surface area contributed by atoms with Crippen molar-refractivity contribution in [2.45, 2.75) is 13.5 Å². The Morgan fingerprint density at radius 3 is 2.92 bits per heavy atom. The van der Waals surface area contributed by atoms with Crippen molar-refractivity contribution in [3.05, 3.63) is 28.5 Å². The van der Waals surface area contributed by atoms with Gasteiger partial charge in [0.25, 0.3) is 0 Å². The van der Waals surface area contributed by atoms with Crippen molar-refractivity contribution < 1.29 is 9.90 Å². The average molecular weight is 186 g/mol. The second-order valence-electron chi connectivity index (χ2n) is 2.38. The number of carbonyl (C=O) groups is 1. The van der Waals surface area contributed by atoms with Crippen molar-refractivity contribution in [1.29, 1.82) is 0 Å². The molecule has 0 saturated carbocycles. The van der Waals surface area contributed by atoms with E-state index >= 15 is 0 Å². The van der Waals surface area contributed by atoms with Gasteiger partial charge in [-0.2, -0.15) is 0 Å². The monoisotopic (exact) mass is 185 g/mol. The molecule has 1 heterocycles. The van der Waals surface area contributed by atoms with Gasteiger partial charge in [0.1, 0.15) is 5.15 Å². The highest BCUT2D eigenvalue weighted by Gasteiger charge is 2.06. The summed E-state index contributed by atoms with van der Waals surface area (Å²) in [6, 6.07) is 1.48. The Morgan fingerprint density at radius 2 is 2.42 bits per heavy atom. The van der Waals surface area contributed by atoms with E-state index < -0.39 is 0 Å². The number of halogens is 1. The van der Waals surface area contributed by atoms with Crippen LogP contribution in [0.3, 0.4) is 0 Å². The molecule has 1 N–H and O–H groups in total. The molecule has 0 atom stereocenters. The smallest absolute Gasteiger partial charge is 0.161 e. The van der Waals surface area contributed by atoms with Crippen LogP contribution in [0.1, 0.15) is 22.8 Å². The normalized spacial score (nSPS) is 9.92. The molecule has 1 aromatic rings. The fraction of sp³-hybridized carbons (Fsp3) is 0.250. The van der Waals surface area contributed by atoms with E-state index in [0.717, 1.165) is 0 Å². The van der Waals surface area contributed by atoms with Crippen LogP contribution in [0.25, 0.3) is 0 Å². The first kappa shape index (κ1) is 9.16. The van der Waals surface area contributed by atoms with Gasteiger partial charge in [-0.3, -0.25) is 4.79 Å². The summed E-state index contributed by atoms with van der Waals surface area (Å²) in [5.74, 6) is -0.122. The van der Waals surface area contributed by atoms with Gasteiger partial charge in [0, 0.05) is 11.8 Å². The molecule has 1 rings (SSSR count). The van der Waals surface area contributed by atoms with Gasteiger partial charge in [0.2, 0.25) is 0 Å². The van der Waals surface area contributed by atoms with E-state index in [1.165, 1.54) is 19.2 Å². The van der Waals surface area contributed by atoms with Crippen LogP contribution in [-0.4, -0.2) is 15.9 Å². The molecular weight excluding hydrogens is 178 g/mol. The molecule has 4 heteroatoms. The maximum Gasteiger partial charge on any atom is 0.161 e. The molecule has 0 fully saturated rings. The topological polar surface area (TPSA) is 50.2 Å². The van der Waals surface area contributed by atoms with Crippen LogP contribution in [-0.2, 0) is 6.61 Å². The lowest BCUT2D eigenvalue weighted by Crippen LogP contribution is -2.00. The van der Waals surface area contributed by atoms with Crippen LogP contribution in [0.4, 0.5) is 0 Å². The Hall–Kier alpha value is -0.930. The Kier molecular flexibility index (Phi) is 2.78. The maximum atomic E-state index is 10.9. The summed E-state index contributed by atoms with van der Waals surface area (Å²) in [6.45, 7) is 1.22. The molecule has 12 heavy (non-hydrogen) atoms. The molecule has 0 saturated heterocycles. The highest BCUT2D eigenvalue weighted by molar-refractivity contribution is 6.29. The molecule has 3 nitrogen and oxygen atoms in total. The fourth-order valence-electron chi connectivity index (χ4n) is 0.916. The van der Waals surface area contributed by atoms with Crippen molar-refractivity contribution in [3.8, 4) is 0 Å². The van der Waals surface area contributed by atoms with E-state index in [1.54, 1.807) is 0 Å². The SMILES string of the molecule is CC(=O)c1cnc(Cl)cc1CO. The number of nitrogens with zero attached hydrogens (tertiary/aromatic N) is 1. The molecule has 0 unspecified atom stereocenters. The number of aliphatic hydroxyl groups excluding tert-OH is 1. The number of hydrogen-bond donors (Lipinski definition) is 1. The number of aromatic nitrogens is 1. The third kappa shape index (κ3) is 1.81. The lowest BCUT2D eigenvalue weighted by molar-refractivity contribution is 0.101. The number of hydrogen-bond acceptors (Lipinski definition) is 3. The highest BCUT2D eigenvalue weighted by Crippen LogP contribution is 2.13. The van der Waals surface area contributed by atoms with E-state index in [4.69, 9.17) is 16.7 Å². The van der Waals surface area contributed by atoms with E-state index in [-0.39, 0.29) is 17.5 Å². The third-order valence-electron chi connectivity index (χ3n) is 1.51. The Morgan fingerprint density at radius 1 is 1.75 bits per heavy atom. The number of Topliss-reactive ketones (excluding diaryl/α,β-unsaturated/α-hetero) is 1. The first-order valence-corrected chi connectivity index (χ1v) is 3.79. The lowest BCUT2D eigenvalue weighted by atomic mass is 10.1. The maximum absolute atomic E-state index is 10.9. The van der Waals surface area contributed by atoms with Crippen molar-refractivity contribution in [3.63, 3.8) is 0 Å². The molecule has 64 valence electrons. The van der Waals surface area contributed by atoms with Crippen LogP contribution < -0.4 is 0 Å². The van der Waals surface area contributed by atoms with E-state index in [0.29, 0.717) is 11.1 Å². The average Bonchev–Trinajstić information content (AvgIpc) is 2.03. The minimum atomic E-state index is -0.197. The number of carbonyl (C=O) groups excluding carboxylic acids is 1. The van der Waals surface area contributed by atoms with Gasteiger partial charge >= 0.3 is 0 Å². The summed E-state index contributed by atoms with van der Waals surface area (Å²) in [6.07, 6.45) is 1.37. The first-order valence-electron chi connectivity index (χ1n) is 3.41. The molecule has 1 aromatic heterocycles. The standard InChI is InChI=1S/C8H8ClNO2/c1-5(12)7-3-10-8(9)2-6(7)4-11/h2-3,11H,4H2,1H3. The zero-order valence-corrected chi connectivity index (χ0v) is 7.30. The summed E-state index contributed by atoms with van der Waals surface area (Å²) < 4.78 is 0. The molecule has 0 aromatic carbocycles. The van der Waals surface area contributed by atoms with Gasteiger partial charge < -0.3 is 5.11 Å². The molecule has 0 amide bonds. The van der Waals surface area contributed by atoms with Gasteiger partial charge in [-0.25, -0.2) is 4.98 Å². The number of ketones is 1. The van der Waals surface area contributed by atoms with E-state index in [2.05, 4.69) is 4.98 Å². The molecule has 0 radical (unpaired) electrons. The first-order chi connectivity index (χ1) is 5.65. The van der Waals surface area contributed by atoms with E-state index in [9.17, 15) is 4.79 Å². The Balaban J connectivity index is 3.20. The second-order valence-corrected chi connectivity index (χ2v) is 2.77. The molecule has 0 bridgehead atoms.